The van der Waals surface area contributed by atoms with Gasteiger partial charge in [-0.3, -0.25) is 4.79 Å². The van der Waals surface area contributed by atoms with E-state index in [0.29, 0.717) is 5.57 Å². The highest BCUT2D eigenvalue weighted by molar-refractivity contribution is 6.04. The molecule has 2 rings (SSSR count). The Kier molecular flexibility index (Phi) is 5.28. The highest BCUT2D eigenvalue weighted by Crippen LogP contribution is 2.26. The number of carbonyl (C=O) groups is 1. The van der Waals surface area contributed by atoms with Crippen molar-refractivity contribution >= 4 is 17.9 Å². The summed E-state index contributed by atoms with van der Waals surface area (Å²) in [6.45, 7) is 1.67. The minimum Gasteiger partial charge on any atom is -0.392 e. The molecule has 5 N–H and O–H groups in total. The second kappa shape index (κ2) is 7.38. The topological polar surface area (TPSA) is 102 Å². The molecular formula is C18H19N3O2. The van der Waals surface area contributed by atoms with E-state index < -0.39 is 5.91 Å². The molecule has 0 bridgehead atoms. The number of aliphatic hydroxyl groups is 1. The largest absolute Gasteiger partial charge is 0.392 e. The predicted octanol–water partition coefficient (Wildman–Crippen LogP) is 2.05. The SMILES string of the molecule is CC(=Cc1ccccc1-c1ccc(CO)cc1)C(=O)N=C(N)N. The van der Waals surface area contributed by atoms with Gasteiger partial charge in [-0.2, -0.15) is 4.99 Å². The van der Waals surface area contributed by atoms with Gasteiger partial charge in [0.25, 0.3) is 5.91 Å². The van der Waals surface area contributed by atoms with Crippen LogP contribution in [0.5, 0.6) is 0 Å². The molecule has 0 saturated carbocycles. The molecule has 0 aliphatic rings. The first-order valence-electron chi connectivity index (χ1n) is 7.12. The maximum atomic E-state index is 11.8. The van der Waals surface area contributed by atoms with Crippen molar-refractivity contribution < 1.29 is 9.90 Å². The van der Waals surface area contributed by atoms with Gasteiger partial charge in [0.2, 0.25) is 0 Å². The number of nitrogens with zero attached hydrogens (tertiary/aromatic N) is 1. The van der Waals surface area contributed by atoms with E-state index in [1.54, 1.807) is 13.0 Å². The van der Waals surface area contributed by atoms with Crippen molar-refractivity contribution in [2.24, 2.45) is 16.5 Å². The molecule has 5 nitrogen and oxygen atoms in total. The van der Waals surface area contributed by atoms with Crippen LogP contribution >= 0.6 is 0 Å². The number of benzene rings is 2. The fraction of sp³-hybridized carbons (Fsp3) is 0.111. The number of amides is 1. The van der Waals surface area contributed by atoms with Gasteiger partial charge in [-0.1, -0.05) is 48.5 Å². The van der Waals surface area contributed by atoms with Crippen LogP contribution in [0.1, 0.15) is 18.1 Å². The van der Waals surface area contributed by atoms with Gasteiger partial charge < -0.3 is 16.6 Å². The highest BCUT2D eigenvalue weighted by Gasteiger charge is 2.07. The Morgan fingerprint density at radius 2 is 1.78 bits per heavy atom. The summed E-state index contributed by atoms with van der Waals surface area (Å²) in [5.41, 5.74) is 14.6. The third-order valence-corrected chi connectivity index (χ3v) is 3.35. The summed E-state index contributed by atoms with van der Waals surface area (Å²) in [7, 11) is 0. The van der Waals surface area contributed by atoms with Gasteiger partial charge in [-0.05, 0) is 35.3 Å². The smallest absolute Gasteiger partial charge is 0.275 e. The Hall–Kier alpha value is -2.92. The molecule has 118 valence electrons. The Morgan fingerprint density at radius 3 is 2.39 bits per heavy atom. The van der Waals surface area contributed by atoms with Crippen molar-refractivity contribution in [3.8, 4) is 11.1 Å². The molecule has 2 aromatic carbocycles. The van der Waals surface area contributed by atoms with Gasteiger partial charge in [0.15, 0.2) is 5.96 Å². The number of hydrogen-bond donors (Lipinski definition) is 3. The lowest BCUT2D eigenvalue weighted by molar-refractivity contribution is -0.114. The number of aliphatic imine (C=N–C) groups is 1. The monoisotopic (exact) mass is 309 g/mol. The van der Waals surface area contributed by atoms with Crippen LogP contribution in [0, 0.1) is 0 Å². The Morgan fingerprint density at radius 1 is 1.13 bits per heavy atom. The molecule has 5 heteroatoms. The van der Waals surface area contributed by atoms with Crippen LogP contribution in [-0.4, -0.2) is 17.0 Å². The van der Waals surface area contributed by atoms with Gasteiger partial charge >= 0.3 is 0 Å². The summed E-state index contributed by atoms with van der Waals surface area (Å²) in [5.74, 6) is -0.717. The van der Waals surface area contributed by atoms with E-state index in [1.807, 2.05) is 48.5 Å². The average molecular weight is 309 g/mol. The normalized spacial score (nSPS) is 11.1. The molecule has 23 heavy (non-hydrogen) atoms. The zero-order chi connectivity index (χ0) is 16.8. The number of rotatable bonds is 4. The van der Waals surface area contributed by atoms with E-state index in [9.17, 15) is 4.79 Å². The second-order valence-corrected chi connectivity index (χ2v) is 5.11. The summed E-state index contributed by atoms with van der Waals surface area (Å²) in [5, 5.41) is 9.13. The quantitative estimate of drug-likeness (QED) is 0.457. The summed E-state index contributed by atoms with van der Waals surface area (Å²) >= 11 is 0. The standard InChI is InChI=1S/C18H19N3O2/c1-12(17(23)21-18(19)20)10-15-4-2-3-5-16(15)14-8-6-13(11-22)7-9-14/h2-10,22H,11H2,1H3,(H4,19,20,21,23). The Labute approximate surface area is 135 Å². The molecule has 0 fully saturated rings. The Balaban J connectivity index is 2.41. The van der Waals surface area contributed by atoms with Crippen molar-refractivity contribution in [3.63, 3.8) is 0 Å². The van der Waals surface area contributed by atoms with Crippen molar-refractivity contribution in [1.82, 2.24) is 0 Å². The molecule has 0 aliphatic heterocycles. The fourth-order valence-corrected chi connectivity index (χ4v) is 2.18. The van der Waals surface area contributed by atoms with Gasteiger partial charge in [0, 0.05) is 5.57 Å². The van der Waals surface area contributed by atoms with Gasteiger partial charge in [-0.15, -0.1) is 0 Å². The molecule has 0 aromatic heterocycles. The van der Waals surface area contributed by atoms with E-state index in [4.69, 9.17) is 16.6 Å². The lowest BCUT2D eigenvalue weighted by Gasteiger charge is -2.08. The molecule has 2 aromatic rings. The van der Waals surface area contributed by atoms with Crippen LogP contribution < -0.4 is 11.5 Å². The molecule has 0 aliphatic carbocycles. The highest BCUT2D eigenvalue weighted by atomic mass is 16.3. The minimum absolute atomic E-state index is 0.00789. The number of aliphatic hydroxyl groups excluding tert-OH is 1. The van der Waals surface area contributed by atoms with E-state index in [2.05, 4.69) is 4.99 Å². The van der Waals surface area contributed by atoms with E-state index in [0.717, 1.165) is 22.3 Å². The van der Waals surface area contributed by atoms with Crippen LogP contribution in [0.3, 0.4) is 0 Å². The number of guanidine groups is 1. The molecule has 0 radical (unpaired) electrons. The summed E-state index contributed by atoms with van der Waals surface area (Å²) in [6, 6.07) is 15.3. The van der Waals surface area contributed by atoms with Gasteiger partial charge in [0.05, 0.1) is 6.61 Å². The summed E-state index contributed by atoms with van der Waals surface area (Å²) < 4.78 is 0. The third-order valence-electron chi connectivity index (χ3n) is 3.35. The first-order valence-corrected chi connectivity index (χ1v) is 7.12. The molecule has 1 amide bonds. The molecule has 0 atom stereocenters. The zero-order valence-corrected chi connectivity index (χ0v) is 12.9. The molecule has 0 heterocycles. The van der Waals surface area contributed by atoms with Crippen LogP contribution in [0.25, 0.3) is 17.2 Å². The maximum Gasteiger partial charge on any atom is 0.275 e. The molecule has 0 saturated heterocycles. The van der Waals surface area contributed by atoms with Crippen molar-refractivity contribution in [2.75, 3.05) is 0 Å². The fourth-order valence-electron chi connectivity index (χ4n) is 2.18. The van der Waals surface area contributed by atoms with E-state index in [1.165, 1.54) is 0 Å². The van der Waals surface area contributed by atoms with Crippen LogP contribution in [-0.2, 0) is 11.4 Å². The van der Waals surface area contributed by atoms with E-state index >= 15 is 0 Å². The third kappa shape index (κ3) is 4.28. The van der Waals surface area contributed by atoms with Crippen molar-refractivity contribution in [3.05, 3.63) is 65.2 Å². The van der Waals surface area contributed by atoms with Gasteiger partial charge in [-0.25, -0.2) is 0 Å². The van der Waals surface area contributed by atoms with Crippen LogP contribution in [0.15, 0.2) is 59.1 Å². The number of hydrogen-bond acceptors (Lipinski definition) is 2. The molecule has 0 unspecified atom stereocenters. The van der Waals surface area contributed by atoms with Crippen LogP contribution in [0.2, 0.25) is 0 Å². The summed E-state index contributed by atoms with van der Waals surface area (Å²) in [4.78, 5) is 15.4. The molecular weight excluding hydrogens is 290 g/mol. The predicted molar refractivity (Wildman–Crippen MR) is 92.3 cm³/mol. The second-order valence-electron chi connectivity index (χ2n) is 5.11. The first-order chi connectivity index (χ1) is 11.0. The van der Waals surface area contributed by atoms with Gasteiger partial charge in [0.1, 0.15) is 0 Å². The van der Waals surface area contributed by atoms with Crippen molar-refractivity contribution in [2.45, 2.75) is 13.5 Å². The minimum atomic E-state index is -0.463. The number of carbonyl (C=O) groups excluding carboxylic acids is 1. The Bertz CT molecular complexity index is 758. The first kappa shape index (κ1) is 16.5. The molecule has 0 spiro atoms. The lowest BCUT2D eigenvalue weighted by Crippen LogP contribution is -2.24. The average Bonchev–Trinajstić information content (AvgIpc) is 2.55. The van der Waals surface area contributed by atoms with E-state index in [-0.39, 0.29) is 12.6 Å². The zero-order valence-electron chi connectivity index (χ0n) is 12.9. The maximum absolute atomic E-state index is 11.8. The lowest BCUT2D eigenvalue weighted by atomic mass is 9.97. The number of nitrogens with two attached hydrogens (primary N) is 2. The van der Waals surface area contributed by atoms with Crippen molar-refractivity contribution in [1.29, 1.82) is 0 Å². The van der Waals surface area contributed by atoms with Crippen LogP contribution in [0.4, 0.5) is 0 Å². The summed E-state index contributed by atoms with van der Waals surface area (Å²) in [6.07, 6.45) is 1.75.